The van der Waals surface area contributed by atoms with Crippen molar-refractivity contribution in [1.29, 1.82) is 0 Å². The molecule has 0 unspecified atom stereocenters. The van der Waals surface area contributed by atoms with E-state index in [9.17, 15) is 0 Å². The molecule has 0 aliphatic heterocycles. The van der Waals surface area contributed by atoms with Crippen LogP contribution in [0.5, 0.6) is 0 Å². The molecule has 0 fully saturated rings. The van der Waals surface area contributed by atoms with Crippen molar-refractivity contribution in [3.05, 3.63) is 28.5 Å². The Balaban J connectivity index is 2.21. The highest BCUT2D eigenvalue weighted by Gasteiger charge is 2.01. The predicted molar refractivity (Wildman–Crippen MR) is 64.4 cm³/mol. The summed E-state index contributed by atoms with van der Waals surface area (Å²) < 4.78 is 10.1. The highest BCUT2D eigenvalue weighted by molar-refractivity contribution is 6.30. The van der Waals surface area contributed by atoms with E-state index in [2.05, 4.69) is 10.2 Å². The van der Waals surface area contributed by atoms with Gasteiger partial charge in [0.05, 0.1) is 13.2 Å². The maximum absolute atomic E-state index is 5.96. The van der Waals surface area contributed by atoms with E-state index in [1.165, 1.54) is 7.62 Å². The summed E-state index contributed by atoms with van der Waals surface area (Å²) in [4.78, 5) is 4.15. The second-order valence-corrected chi connectivity index (χ2v) is 3.62. The average molecular weight is 242 g/mol. The number of hydrogen-bond donors (Lipinski definition) is 1. The van der Waals surface area contributed by atoms with E-state index in [0.29, 0.717) is 24.9 Å². The second kappa shape index (κ2) is 7.62. The van der Waals surface area contributed by atoms with E-state index >= 15 is 0 Å². The first-order valence-electron chi connectivity index (χ1n) is 5.01. The molecule has 87 valence electrons. The third-order valence-corrected chi connectivity index (χ3v) is 2.24. The van der Waals surface area contributed by atoms with Gasteiger partial charge in [0, 0.05) is 24.9 Å². The van der Waals surface area contributed by atoms with Gasteiger partial charge in [-0.15, -0.1) is 0 Å². The third-order valence-electron chi connectivity index (χ3n) is 1.91. The van der Waals surface area contributed by atoms with Gasteiger partial charge in [-0.05, 0) is 13.0 Å². The molecule has 1 radical (unpaired) electrons. The molecule has 1 rings (SSSR count). The minimum absolute atomic E-state index is 0.473. The lowest BCUT2D eigenvalue weighted by Crippen LogP contribution is -2.25. The van der Waals surface area contributed by atoms with Gasteiger partial charge in [0.1, 0.15) is 5.15 Å². The average Bonchev–Trinajstić information content (AvgIpc) is 2.26. The molecule has 1 aromatic rings. The zero-order chi connectivity index (χ0) is 11.8. The maximum atomic E-state index is 5.96. The normalized spacial score (nSPS) is 10.4. The quantitative estimate of drug-likeness (QED) is 0.444. The van der Waals surface area contributed by atoms with Gasteiger partial charge in [-0.25, -0.2) is 4.98 Å². The predicted octanol–water partition coefficient (Wildman–Crippen LogP) is 1.33. The van der Waals surface area contributed by atoms with E-state index in [4.69, 9.17) is 21.0 Å². The van der Waals surface area contributed by atoms with Crippen molar-refractivity contribution in [3.63, 3.8) is 0 Å². The van der Waals surface area contributed by atoms with Crippen molar-refractivity contribution < 1.29 is 9.39 Å². The molecule has 0 bridgehead atoms. The fourth-order valence-electron chi connectivity index (χ4n) is 1.12. The standard InChI is InChI=1S/C10H15BClN2O2/c1-8-3-4-9(10(12)14-8)7-16-6-5-13-11-15-2/h3-4,13H,5-7H2,1-2H3. The fourth-order valence-corrected chi connectivity index (χ4v) is 1.37. The Morgan fingerprint density at radius 3 is 3.00 bits per heavy atom. The number of rotatable bonds is 7. The molecule has 0 aromatic carbocycles. The van der Waals surface area contributed by atoms with Crippen molar-refractivity contribution in [1.82, 2.24) is 10.2 Å². The number of ether oxygens (including phenoxy) is 1. The van der Waals surface area contributed by atoms with Crippen molar-refractivity contribution in [2.75, 3.05) is 20.3 Å². The lowest BCUT2D eigenvalue weighted by molar-refractivity contribution is 0.125. The first-order chi connectivity index (χ1) is 7.74. The lowest BCUT2D eigenvalue weighted by Gasteiger charge is -2.06. The Bertz CT molecular complexity index is 326. The zero-order valence-corrected chi connectivity index (χ0v) is 10.3. The highest BCUT2D eigenvalue weighted by atomic mass is 35.5. The van der Waals surface area contributed by atoms with Crippen LogP contribution in [0.2, 0.25) is 5.15 Å². The maximum Gasteiger partial charge on any atom is 0.395 e. The Morgan fingerprint density at radius 2 is 2.31 bits per heavy atom. The van der Waals surface area contributed by atoms with Gasteiger partial charge in [0.2, 0.25) is 0 Å². The molecule has 1 heterocycles. The molecule has 0 spiro atoms. The number of aromatic nitrogens is 1. The van der Waals surface area contributed by atoms with Gasteiger partial charge in [0.25, 0.3) is 0 Å². The molecule has 0 saturated heterocycles. The van der Waals surface area contributed by atoms with Gasteiger partial charge in [-0.2, -0.15) is 0 Å². The first-order valence-corrected chi connectivity index (χ1v) is 5.39. The SMILES string of the molecule is CO[B]NCCOCc1ccc(C)nc1Cl. The molecule has 0 amide bonds. The summed E-state index contributed by atoms with van der Waals surface area (Å²) in [5.74, 6) is 0. The smallest absolute Gasteiger partial charge is 0.395 e. The van der Waals surface area contributed by atoms with Gasteiger partial charge >= 0.3 is 7.62 Å². The van der Waals surface area contributed by atoms with Gasteiger partial charge < -0.3 is 14.6 Å². The van der Waals surface area contributed by atoms with E-state index in [1.807, 2.05) is 19.1 Å². The summed E-state index contributed by atoms with van der Waals surface area (Å²) in [6, 6.07) is 3.85. The Morgan fingerprint density at radius 1 is 1.50 bits per heavy atom. The molecular formula is C10H15BClN2O2. The molecule has 4 nitrogen and oxygen atoms in total. The minimum atomic E-state index is 0.473. The van der Waals surface area contributed by atoms with E-state index < -0.39 is 0 Å². The summed E-state index contributed by atoms with van der Waals surface area (Å²) >= 11 is 5.96. The number of halogens is 1. The zero-order valence-electron chi connectivity index (χ0n) is 9.50. The topological polar surface area (TPSA) is 43.4 Å². The van der Waals surface area contributed by atoms with Crippen molar-refractivity contribution >= 4 is 19.2 Å². The molecule has 0 saturated carbocycles. The summed E-state index contributed by atoms with van der Waals surface area (Å²) in [6.07, 6.45) is 0. The van der Waals surface area contributed by atoms with E-state index in [0.717, 1.165) is 11.3 Å². The lowest BCUT2D eigenvalue weighted by atomic mass is 10.2. The van der Waals surface area contributed by atoms with E-state index in [1.54, 1.807) is 7.11 Å². The molecule has 1 aromatic heterocycles. The van der Waals surface area contributed by atoms with Crippen LogP contribution >= 0.6 is 11.6 Å². The number of pyridine rings is 1. The van der Waals surface area contributed by atoms with Crippen LogP contribution in [0.3, 0.4) is 0 Å². The largest absolute Gasteiger partial charge is 0.427 e. The van der Waals surface area contributed by atoms with Crippen LogP contribution in [0.1, 0.15) is 11.3 Å². The summed E-state index contributed by atoms with van der Waals surface area (Å²) in [5, 5.41) is 3.43. The molecule has 1 N–H and O–H groups in total. The fraction of sp³-hybridized carbons (Fsp3) is 0.500. The number of hydrogen-bond acceptors (Lipinski definition) is 4. The Labute approximate surface area is 102 Å². The third kappa shape index (κ3) is 4.94. The van der Waals surface area contributed by atoms with Crippen LogP contribution in [-0.2, 0) is 16.0 Å². The van der Waals surface area contributed by atoms with Crippen LogP contribution in [-0.4, -0.2) is 32.9 Å². The minimum Gasteiger partial charge on any atom is -0.427 e. The second-order valence-electron chi connectivity index (χ2n) is 3.26. The number of nitrogens with one attached hydrogen (secondary N) is 1. The van der Waals surface area contributed by atoms with Crippen LogP contribution in [0.15, 0.2) is 12.1 Å². The van der Waals surface area contributed by atoms with Crippen LogP contribution in [0, 0.1) is 6.92 Å². The summed E-state index contributed by atoms with van der Waals surface area (Å²) in [5.41, 5.74) is 1.81. The molecule has 6 heteroatoms. The van der Waals surface area contributed by atoms with Crippen molar-refractivity contribution in [2.24, 2.45) is 0 Å². The Hall–Kier alpha value is -0.615. The molecule has 0 aliphatic rings. The van der Waals surface area contributed by atoms with Gasteiger partial charge in [-0.1, -0.05) is 17.7 Å². The highest BCUT2D eigenvalue weighted by Crippen LogP contribution is 2.14. The first kappa shape index (κ1) is 13.4. The van der Waals surface area contributed by atoms with Crippen LogP contribution in [0.25, 0.3) is 0 Å². The summed E-state index contributed by atoms with van der Waals surface area (Å²) in [6.45, 7) is 3.66. The van der Waals surface area contributed by atoms with Gasteiger partial charge in [-0.3, -0.25) is 0 Å². The van der Waals surface area contributed by atoms with Crippen LogP contribution in [0.4, 0.5) is 0 Å². The van der Waals surface area contributed by atoms with Crippen molar-refractivity contribution in [2.45, 2.75) is 13.5 Å². The number of nitrogens with zero attached hydrogens (tertiary/aromatic N) is 1. The van der Waals surface area contributed by atoms with Gasteiger partial charge in [0.15, 0.2) is 0 Å². The van der Waals surface area contributed by atoms with Crippen molar-refractivity contribution in [3.8, 4) is 0 Å². The monoisotopic (exact) mass is 241 g/mol. The van der Waals surface area contributed by atoms with Crippen LogP contribution < -0.4 is 5.23 Å². The molecule has 0 aliphatic carbocycles. The Kier molecular flexibility index (Phi) is 6.41. The molecule has 0 atom stereocenters. The summed E-state index contributed by atoms with van der Waals surface area (Å²) in [7, 11) is 3.11. The molecule has 16 heavy (non-hydrogen) atoms. The number of aryl methyl sites for hydroxylation is 1. The van der Waals surface area contributed by atoms with E-state index in [-0.39, 0.29) is 0 Å². The molecular weight excluding hydrogens is 226 g/mol.